The molecular formula is C20H25N2O9P2+. The van der Waals surface area contributed by atoms with Gasteiger partial charge in [-0.05, 0) is 19.1 Å². The number of ketones is 2. The van der Waals surface area contributed by atoms with Crippen molar-refractivity contribution in [1.82, 2.24) is 9.55 Å². The van der Waals surface area contributed by atoms with Gasteiger partial charge in [-0.25, -0.2) is 9.13 Å². The van der Waals surface area contributed by atoms with E-state index in [9.17, 15) is 23.6 Å². The standard InChI is InChI=1S/C20H24N2O9P2/c1-13(21(2)30-33(28,29)31-32(25,26)27)12-22(3,4)14-9-10-17-18(11-14)20(24)16-8-6-5-7-15(16)19(17)23/h5-11,13H,12H2,1-4H3,(H2-,25,26,27,28,29)/p+1. The molecule has 0 spiro atoms. The predicted octanol–water partition coefficient (Wildman–Crippen LogP) is 2.49. The Morgan fingerprint density at radius 1 is 0.939 bits per heavy atom. The molecular weight excluding hydrogens is 474 g/mol. The third-order valence-electron chi connectivity index (χ3n) is 5.39. The first kappa shape index (κ1) is 25.6. The van der Waals surface area contributed by atoms with Gasteiger partial charge in [-0.15, -0.1) is 0 Å². The van der Waals surface area contributed by atoms with Crippen molar-refractivity contribution in [2.45, 2.75) is 13.0 Å². The summed E-state index contributed by atoms with van der Waals surface area (Å²) in [5.74, 6) is -0.464. The van der Waals surface area contributed by atoms with Crippen molar-refractivity contribution in [3.8, 4) is 0 Å². The van der Waals surface area contributed by atoms with Crippen LogP contribution in [0.1, 0.15) is 38.8 Å². The van der Waals surface area contributed by atoms with Crippen molar-refractivity contribution >= 4 is 32.9 Å². The zero-order valence-corrected chi connectivity index (χ0v) is 20.2. The number of hydrogen-bond acceptors (Lipinski definition) is 7. The van der Waals surface area contributed by atoms with Crippen molar-refractivity contribution < 1.29 is 42.3 Å². The molecule has 1 aliphatic carbocycles. The number of rotatable bonds is 8. The van der Waals surface area contributed by atoms with Gasteiger partial charge in [0.2, 0.25) is 0 Å². The van der Waals surface area contributed by atoms with Crippen molar-refractivity contribution in [3.05, 3.63) is 64.7 Å². The second kappa shape index (κ2) is 8.96. The largest absolute Gasteiger partial charge is 0.497 e. The molecule has 0 amide bonds. The third kappa shape index (κ3) is 5.73. The van der Waals surface area contributed by atoms with Crippen LogP contribution in [0.2, 0.25) is 0 Å². The number of fused-ring (bicyclic) bond motifs is 2. The number of nitrogens with zero attached hydrogens (tertiary/aromatic N) is 2. The number of carbonyl (C=O) groups is 2. The lowest BCUT2D eigenvalue weighted by atomic mass is 9.84. The summed E-state index contributed by atoms with van der Waals surface area (Å²) in [5, 5.41) is 0.972. The fourth-order valence-corrected chi connectivity index (χ4v) is 5.42. The van der Waals surface area contributed by atoms with Gasteiger partial charge in [-0.2, -0.15) is 14.0 Å². The highest BCUT2D eigenvalue weighted by atomic mass is 31.3. The molecule has 2 unspecified atom stereocenters. The van der Waals surface area contributed by atoms with E-state index in [0.29, 0.717) is 34.5 Å². The molecule has 0 saturated carbocycles. The van der Waals surface area contributed by atoms with Crippen molar-refractivity contribution in [1.29, 1.82) is 0 Å². The first-order chi connectivity index (χ1) is 15.1. The Balaban J connectivity index is 1.81. The van der Waals surface area contributed by atoms with E-state index in [1.807, 2.05) is 14.1 Å². The molecule has 2 aromatic carbocycles. The van der Waals surface area contributed by atoms with Gasteiger partial charge in [0.05, 0.1) is 20.1 Å². The van der Waals surface area contributed by atoms with Crippen LogP contribution < -0.4 is 4.48 Å². The molecule has 0 aromatic heterocycles. The van der Waals surface area contributed by atoms with E-state index in [0.717, 1.165) is 5.06 Å². The number of hydroxylamine groups is 2. The summed E-state index contributed by atoms with van der Waals surface area (Å²) in [6.45, 7) is 1.96. The quantitative estimate of drug-likeness (QED) is 0.240. The van der Waals surface area contributed by atoms with Crippen LogP contribution in [-0.4, -0.2) is 65.0 Å². The number of quaternary nitrogens is 1. The molecule has 0 heterocycles. The van der Waals surface area contributed by atoms with Crippen LogP contribution in [0, 0.1) is 0 Å². The Labute approximate surface area is 190 Å². The van der Waals surface area contributed by atoms with Crippen molar-refractivity contribution in [2.24, 2.45) is 0 Å². The Morgan fingerprint density at radius 3 is 2.00 bits per heavy atom. The number of likely N-dealkylation sites (N-methyl/N-ethyl adjacent to an activating group) is 2. The molecule has 0 radical (unpaired) electrons. The van der Waals surface area contributed by atoms with E-state index in [1.54, 1.807) is 49.4 Å². The Hall–Kier alpha value is -2.04. The van der Waals surface area contributed by atoms with Gasteiger partial charge >= 0.3 is 15.6 Å². The summed E-state index contributed by atoms with van der Waals surface area (Å²) in [6, 6.07) is 11.1. The number of benzene rings is 2. The fourth-order valence-electron chi connectivity index (χ4n) is 3.74. The highest BCUT2D eigenvalue weighted by Gasteiger charge is 2.37. The maximum Gasteiger partial charge on any atom is 0.497 e. The fraction of sp³-hybridized carbons (Fsp3) is 0.300. The van der Waals surface area contributed by atoms with Crippen LogP contribution in [0.5, 0.6) is 0 Å². The molecule has 11 nitrogen and oxygen atoms in total. The van der Waals surface area contributed by atoms with Crippen LogP contribution in [0.4, 0.5) is 5.69 Å². The zero-order chi connectivity index (χ0) is 24.8. The van der Waals surface area contributed by atoms with Gasteiger partial charge in [0.25, 0.3) is 0 Å². The second-order valence-electron chi connectivity index (χ2n) is 8.32. The van der Waals surface area contributed by atoms with Gasteiger partial charge in [-0.3, -0.25) is 14.1 Å². The van der Waals surface area contributed by atoms with E-state index < -0.39 is 21.7 Å². The van der Waals surface area contributed by atoms with E-state index in [-0.39, 0.29) is 16.0 Å². The van der Waals surface area contributed by atoms with E-state index in [2.05, 4.69) is 4.31 Å². The Morgan fingerprint density at radius 2 is 1.45 bits per heavy atom. The Kier molecular flexibility index (Phi) is 6.94. The highest BCUT2D eigenvalue weighted by Crippen LogP contribution is 2.58. The van der Waals surface area contributed by atoms with E-state index >= 15 is 0 Å². The van der Waals surface area contributed by atoms with Gasteiger partial charge in [0, 0.05) is 35.4 Å². The molecule has 1 aliphatic rings. The second-order valence-corrected chi connectivity index (χ2v) is 11.1. The zero-order valence-electron chi connectivity index (χ0n) is 18.4. The van der Waals surface area contributed by atoms with Crippen LogP contribution in [0.15, 0.2) is 42.5 Å². The molecule has 2 aromatic rings. The maximum absolute atomic E-state index is 13.0. The van der Waals surface area contributed by atoms with Crippen molar-refractivity contribution in [3.63, 3.8) is 0 Å². The van der Waals surface area contributed by atoms with Gasteiger partial charge in [-0.1, -0.05) is 24.3 Å². The minimum atomic E-state index is -5.24. The van der Waals surface area contributed by atoms with Crippen LogP contribution >= 0.6 is 15.6 Å². The monoisotopic (exact) mass is 499 g/mol. The van der Waals surface area contributed by atoms with Gasteiger partial charge in [0.15, 0.2) is 11.6 Å². The van der Waals surface area contributed by atoms with Crippen LogP contribution in [0.3, 0.4) is 0 Å². The minimum Gasteiger partial charge on any atom is -0.302 e. The summed E-state index contributed by atoms with van der Waals surface area (Å²) in [7, 11) is -5.30. The topological polar surface area (TPSA) is 151 Å². The lowest BCUT2D eigenvalue weighted by Crippen LogP contribution is -2.50. The molecule has 0 fully saturated rings. The first-order valence-electron chi connectivity index (χ1n) is 9.79. The lowest BCUT2D eigenvalue weighted by Gasteiger charge is -2.35. The molecule has 0 bridgehead atoms. The van der Waals surface area contributed by atoms with E-state index in [4.69, 9.17) is 14.4 Å². The molecule has 33 heavy (non-hydrogen) atoms. The molecule has 3 rings (SSSR count). The average Bonchev–Trinajstić information content (AvgIpc) is 2.69. The molecule has 3 N–H and O–H groups in total. The van der Waals surface area contributed by atoms with Crippen LogP contribution in [-0.2, 0) is 18.1 Å². The number of carbonyl (C=O) groups excluding carboxylic acids is 2. The van der Waals surface area contributed by atoms with Crippen molar-refractivity contribution in [2.75, 3.05) is 27.7 Å². The SMILES string of the molecule is CC(C[N+](C)(C)c1ccc2c(c1)C(=O)c1ccccc1C2=O)N(C)OP(=O)(O)OP(=O)(O)O. The third-order valence-corrected chi connectivity index (χ3v) is 7.53. The minimum absolute atomic E-state index is 0.195. The number of hydrogen-bond donors (Lipinski definition) is 3. The molecule has 178 valence electrons. The van der Waals surface area contributed by atoms with E-state index in [1.165, 1.54) is 7.05 Å². The summed E-state index contributed by atoms with van der Waals surface area (Å²) in [5.41, 5.74) is 2.05. The van der Waals surface area contributed by atoms with Crippen LogP contribution in [0.25, 0.3) is 0 Å². The maximum atomic E-state index is 13.0. The first-order valence-corrected chi connectivity index (χ1v) is 12.8. The van der Waals surface area contributed by atoms with Gasteiger partial charge in [0.1, 0.15) is 12.2 Å². The summed E-state index contributed by atoms with van der Waals surface area (Å²) >= 11 is 0. The molecule has 2 atom stereocenters. The summed E-state index contributed by atoms with van der Waals surface area (Å²) in [6.07, 6.45) is 0. The smallest absolute Gasteiger partial charge is 0.302 e. The highest BCUT2D eigenvalue weighted by molar-refractivity contribution is 7.60. The lowest BCUT2D eigenvalue weighted by molar-refractivity contribution is -0.0899. The molecule has 13 heteroatoms. The predicted molar refractivity (Wildman–Crippen MR) is 120 cm³/mol. The number of phosphoric acid groups is 2. The summed E-state index contributed by atoms with van der Waals surface area (Å²) in [4.78, 5) is 52.9. The molecule has 0 aliphatic heterocycles. The average molecular weight is 499 g/mol. The molecule has 0 saturated heterocycles. The van der Waals surface area contributed by atoms with Gasteiger partial charge < -0.3 is 14.7 Å². The normalized spacial score (nSPS) is 16.8. The Bertz CT molecular complexity index is 1210. The summed E-state index contributed by atoms with van der Waals surface area (Å²) < 4.78 is 31.4.